The van der Waals surface area contributed by atoms with Gasteiger partial charge in [0.05, 0.1) is 17.0 Å². The van der Waals surface area contributed by atoms with Crippen molar-refractivity contribution in [3.8, 4) is 6.07 Å². The van der Waals surface area contributed by atoms with Crippen molar-refractivity contribution in [2.24, 2.45) is 5.10 Å². The molecule has 2 aliphatic heterocycles. The first-order valence-electron chi connectivity index (χ1n) is 7.13. The van der Waals surface area contributed by atoms with E-state index in [4.69, 9.17) is 0 Å². The van der Waals surface area contributed by atoms with Crippen molar-refractivity contribution in [2.75, 3.05) is 31.1 Å². The summed E-state index contributed by atoms with van der Waals surface area (Å²) in [7, 11) is 0. The fourth-order valence-electron chi connectivity index (χ4n) is 2.67. The van der Waals surface area contributed by atoms with E-state index in [1.54, 1.807) is 0 Å². The second kappa shape index (κ2) is 5.94. The Morgan fingerprint density at radius 2 is 2.05 bits per heavy atom. The minimum atomic E-state index is -0.0586. The summed E-state index contributed by atoms with van der Waals surface area (Å²) in [5.41, 5.74) is 5.87. The molecule has 2 N–H and O–H groups in total. The number of carbonyl (C=O) groups excluding carboxylic acids is 1. The molecule has 2 aliphatic rings. The third kappa shape index (κ3) is 2.88. The maximum absolute atomic E-state index is 11.1. The summed E-state index contributed by atoms with van der Waals surface area (Å²) in [5, 5.41) is 16.8. The van der Waals surface area contributed by atoms with E-state index < -0.39 is 0 Å². The number of hydrogen-bond donors (Lipinski definition) is 2. The molecule has 6 nitrogen and oxygen atoms in total. The predicted octanol–water partition coefficient (Wildman–Crippen LogP) is 0.582. The molecule has 6 heteroatoms. The number of rotatable bonds is 2. The molecular formula is C15H17N5O. The van der Waals surface area contributed by atoms with Crippen molar-refractivity contribution in [3.05, 3.63) is 29.3 Å². The molecule has 0 atom stereocenters. The van der Waals surface area contributed by atoms with Crippen molar-refractivity contribution in [3.63, 3.8) is 0 Å². The lowest BCUT2D eigenvalue weighted by molar-refractivity contribution is -0.121. The van der Waals surface area contributed by atoms with E-state index in [1.807, 2.05) is 18.2 Å². The van der Waals surface area contributed by atoms with E-state index in [-0.39, 0.29) is 5.91 Å². The van der Waals surface area contributed by atoms with Crippen molar-refractivity contribution in [1.29, 1.82) is 5.26 Å². The van der Waals surface area contributed by atoms with Gasteiger partial charge in [0, 0.05) is 39.0 Å². The monoisotopic (exact) mass is 283 g/mol. The molecular weight excluding hydrogens is 266 g/mol. The Balaban J connectivity index is 1.88. The maximum atomic E-state index is 11.1. The minimum Gasteiger partial charge on any atom is -0.368 e. The Bertz CT molecular complexity index is 625. The van der Waals surface area contributed by atoms with Crippen molar-refractivity contribution >= 4 is 17.3 Å². The highest BCUT2D eigenvalue weighted by molar-refractivity contribution is 6.04. The van der Waals surface area contributed by atoms with Crippen LogP contribution in [0.4, 0.5) is 5.69 Å². The SMILES string of the molecule is N#Cc1cc(C2=NNC(=O)CC2)ccc1N1CCNCC1. The molecule has 1 saturated heterocycles. The summed E-state index contributed by atoms with van der Waals surface area (Å²) < 4.78 is 0. The summed E-state index contributed by atoms with van der Waals surface area (Å²) in [6.07, 6.45) is 1.06. The largest absolute Gasteiger partial charge is 0.368 e. The van der Waals surface area contributed by atoms with Gasteiger partial charge in [-0.3, -0.25) is 4.79 Å². The second-order valence-corrected chi connectivity index (χ2v) is 5.17. The number of piperazine rings is 1. The van der Waals surface area contributed by atoms with Gasteiger partial charge in [-0.2, -0.15) is 10.4 Å². The van der Waals surface area contributed by atoms with Gasteiger partial charge in [0.25, 0.3) is 0 Å². The summed E-state index contributed by atoms with van der Waals surface area (Å²) in [6, 6.07) is 8.11. The first-order chi connectivity index (χ1) is 10.3. The van der Waals surface area contributed by atoms with Gasteiger partial charge in [0.1, 0.15) is 6.07 Å². The van der Waals surface area contributed by atoms with Crippen molar-refractivity contribution in [2.45, 2.75) is 12.8 Å². The standard InChI is InChI=1S/C15H17N5O/c16-10-12-9-11(13-2-4-15(21)19-18-13)1-3-14(12)20-7-5-17-6-8-20/h1,3,9,17H,2,4-8H2,(H,19,21). The molecule has 0 aromatic heterocycles. The average molecular weight is 283 g/mol. The Kier molecular flexibility index (Phi) is 3.84. The van der Waals surface area contributed by atoms with Gasteiger partial charge in [0.2, 0.25) is 5.91 Å². The molecule has 1 amide bonds. The highest BCUT2D eigenvalue weighted by Crippen LogP contribution is 2.23. The number of anilines is 1. The van der Waals surface area contributed by atoms with Gasteiger partial charge in [-0.1, -0.05) is 6.07 Å². The van der Waals surface area contributed by atoms with E-state index in [9.17, 15) is 10.1 Å². The third-order valence-corrected chi connectivity index (χ3v) is 3.81. The Morgan fingerprint density at radius 1 is 1.24 bits per heavy atom. The van der Waals surface area contributed by atoms with Crippen LogP contribution in [0.1, 0.15) is 24.0 Å². The fraction of sp³-hybridized carbons (Fsp3) is 0.400. The van der Waals surface area contributed by atoms with Crippen LogP contribution in [0.5, 0.6) is 0 Å². The zero-order valence-electron chi connectivity index (χ0n) is 11.7. The molecule has 2 heterocycles. The highest BCUT2D eigenvalue weighted by atomic mass is 16.2. The minimum absolute atomic E-state index is 0.0586. The van der Waals surface area contributed by atoms with E-state index in [2.05, 4.69) is 26.8 Å². The molecule has 108 valence electrons. The van der Waals surface area contributed by atoms with Crippen molar-refractivity contribution < 1.29 is 4.79 Å². The topological polar surface area (TPSA) is 80.5 Å². The molecule has 3 rings (SSSR count). The number of nitriles is 1. The molecule has 0 radical (unpaired) electrons. The van der Waals surface area contributed by atoms with Gasteiger partial charge in [-0.25, -0.2) is 5.43 Å². The van der Waals surface area contributed by atoms with Crippen LogP contribution >= 0.6 is 0 Å². The lowest BCUT2D eigenvalue weighted by atomic mass is 10.0. The number of hydrazone groups is 1. The average Bonchev–Trinajstić information content (AvgIpc) is 2.56. The van der Waals surface area contributed by atoms with E-state index in [0.29, 0.717) is 18.4 Å². The molecule has 1 fully saturated rings. The predicted molar refractivity (Wildman–Crippen MR) is 80.2 cm³/mol. The van der Waals surface area contributed by atoms with Crippen LogP contribution in [0.15, 0.2) is 23.3 Å². The normalized spacial score (nSPS) is 18.7. The summed E-state index contributed by atoms with van der Waals surface area (Å²) in [6.45, 7) is 3.69. The Morgan fingerprint density at radius 3 is 2.71 bits per heavy atom. The maximum Gasteiger partial charge on any atom is 0.240 e. The van der Waals surface area contributed by atoms with Crippen LogP contribution in [0.3, 0.4) is 0 Å². The smallest absolute Gasteiger partial charge is 0.240 e. The molecule has 0 aliphatic carbocycles. The first kappa shape index (κ1) is 13.6. The Labute approximate surface area is 123 Å². The van der Waals surface area contributed by atoms with Crippen LogP contribution < -0.4 is 15.6 Å². The molecule has 0 saturated carbocycles. The number of amides is 1. The summed E-state index contributed by atoms with van der Waals surface area (Å²) in [4.78, 5) is 13.4. The second-order valence-electron chi connectivity index (χ2n) is 5.17. The molecule has 21 heavy (non-hydrogen) atoms. The fourth-order valence-corrected chi connectivity index (χ4v) is 2.67. The molecule has 1 aromatic carbocycles. The first-order valence-corrected chi connectivity index (χ1v) is 7.13. The lowest BCUT2D eigenvalue weighted by Gasteiger charge is -2.30. The van der Waals surface area contributed by atoms with Gasteiger partial charge >= 0.3 is 0 Å². The molecule has 1 aromatic rings. The molecule has 0 bridgehead atoms. The number of nitrogens with one attached hydrogen (secondary N) is 2. The van der Waals surface area contributed by atoms with Gasteiger partial charge in [-0.15, -0.1) is 0 Å². The lowest BCUT2D eigenvalue weighted by Crippen LogP contribution is -2.43. The Hall–Kier alpha value is -2.39. The number of nitrogens with zero attached hydrogens (tertiary/aromatic N) is 3. The van der Waals surface area contributed by atoms with Crippen LogP contribution in [-0.2, 0) is 4.79 Å². The van der Waals surface area contributed by atoms with Gasteiger partial charge in [-0.05, 0) is 17.7 Å². The van der Waals surface area contributed by atoms with Crippen LogP contribution in [-0.4, -0.2) is 37.8 Å². The summed E-state index contributed by atoms with van der Waals surface area (Å²) in [5.74, 6) is -0.0586. The quantitative estimate of drug-likeness (QED) is 0.832. The zero-order valence-corrected chi connectivity index (χ0v) is 11.7. The van der Waals surface area contributed by atoms with Gasteiger partial charge in [0.15, 0.2) is 0 Å². The molecule has 0 spiro atoms. The van der Waals surface area contributed by atoms with Crippen LogP contribution in [0, 0.1) is 11.3 Å². The zero-order chi connectivity index (χ0) is 14.7. The molecule has 0 unspecified atom stereocenters. The highest BCUT2D eigenvalue weighted by Gasteiger charge is 2.17. The van der Waals surface area contributed by atoms with Crippen molar-refractivity contribution in [1.82, 2.24) is 10.7 Å². The van der Waals surface area contributed by atoms with Crippen LogP contribution in [0.2, 0.25) is 0 Å². The summed E-state index contributed by atoms with van der Waals surface area (Å²) >= 11 is 0. The van der Waals surface area contributed by atoms with Gasteiger partial charge < -0.3 is 10.2 Å². The number of hydrogen-bond acceptors (Lipinski definition) is 5. The van der Waals surface area contributed by atoms with Crippen LogP contribution in [0.25, 0.3) is 0 Å². The number of benzene rings is 1. The van der Waals surface area contributed by atoms with E-state index >= 15 is 0 Å². The van der Waals surface area contributed by atoms with E-state index in [0.717, 1.165) is 43.1 Å². The third-order valence-electron chi connectivity index (χ3n) is 3.81. The van der Waals surface area contributed by atoms with E-state index in [1.165, 1.54) is 0 Å². The number of carbonyl (C=O) groups is 1.